The number of aliphatic carboxylic acids is 1. The molecule has 0 unspecified atom stereocenters. The Hall–Kier alpha value is -2.74. The smallest absolute Gasteiger partial charge is 0.305 e. The first-order valence-corrected chi connectivity index (χ1v) is 10.1. The van der Waals surface area contributed by atoms with Gasteiger partial charge in [-0.2, -0.15) is 0 Å². The molecule has 29 heavy (non-hydrogen) atoms. The number of rotatable bonds is 7. The minimum atomic E-state index is -0.995. The van der Waals surface area contributed by atoms with Crippen molar-refractivity contribution in [1.82, 2.24) is 20.5 Å². The van der Waals surface area contributed by atoms with E-state index in [2.05, 4.69) is 15.6 Å². The zero-order chi connectivity index (χ0) is 20.6. The van der Waals surface area contributed by atoms with Gasteiger partial charge in [0, 0.05) is 25.5 Å². The Morgan fingerprint density at radius 1 is 1.31 bits per heavy atom. The van der Waals surface area contributed by atoms with Crippen molar-refractivity contribution in [1.29, 1.82) is 0 Å². The minimum Gasteiger partial charge on any atom is -0.481 e. The van der Waals surface area contributed by atoms with E-state index in [0.29, 0.717) is 31.0 Å². The van der Waals surface area contributed by atoms with Crippen LogP contribution < -0.4 is 10.6 Å². The number of likely N-dealkylation sites (tertiary alicyclic amines) is 1. The molecular formula is C21H28N4O4. The van der Waals surface area contributed by atoms with E-state index in [9.17, 15) is 14.4 Å². The maximum Gasteiger partial charge on any atom is 0.305 e. The zero-order valence-electron chi connectivity index (χ0n) is 16.4. The highest BCUT2D eigenvalue weighted by Crippen LogP contribution is 2.21. The minimum absolute atomic E-state index is 0.0619. The van der Waals surface area contributed by atoms with Crippen LogP contribution in [0.3, 0.4) is 0 Å². The van der Waals surface area contributed by atoms with Gasteiger partial charge in [0.05, 0.1) is 18.4 Å². The number of carbonyl (C=O) groups excluding carboxylic acids is 2. The van der Waals surface area contributed by atoms with Crippen LogP contribution in [0.2, 0.25) is 0 Å². The van der Waals surface area contributed by atoms with Gasteiger partial charge in [-0.15, -0.1) is 0 Å². The summed E-state index contributed by atoms with van der Waals surface area (Å²) in [5.41, 5.74) is 0.652. The largest absolute Gasteiger partial charge is 0.481 e. The summed E-state index contributed by atoms with van der Waals surface area (Å²) in [6.07, 6.45) is 9.21. The molecule has 1 aromatic heterocycles. The van der Waals surface area contributed by atoms with Gasteiger partial charge >= 0.3 is 5.97 Å². The fraction of sp³-hybridized carbons (Fsp3) is 0.524. The first kappa shape index (κ1) is 21.0. The van der Waals surface area contributed by atoms with Crippen molar-refractivity contribution in [2.75, 3.05) is 26.2 Å². The second-order valence-corrected chi connectivity index (χ2v) is 7.66. The van der Waals surface area contributed by atoms with Crippen molar-refractivity contribution >= 4 is 17.8 Å². The van der Waals surface area contributed by atoms with Gasteiger partial charge in [0.2, 0.25) is 11.8 Å². The van der Waals surface area contributed by atoms with Crippen molar-refractivity contribution in [3.8, 4) is 0 Å². The Morgan fingerprint density at radius 3 is 2.79 bits per heavy atom. The average molecular weight is 400 g/mol. The number of carboxylic acid groups (broad SMARTS) is 1. The van der Waals surface area contributed by atoms with Gasteiger partial charge < -0.3 is 20.6 Å². The molecule has 0 aromatic carbocycles. The number of allylic oxidation sites excluding steroid dienone is 1. The molecule has 2 amide bonds. The van der Waals surface area contributed by atoms with Gasteiger partial charge in [0.15, 0.2) is 0 Å². The molecule has 1 aromatic rings. The van der Waals surface area contributed by atoms with Crippen molar-refractivity contribution in [2.24, 2.45) is 11.8 Å². The molecule has 0 bridgehead atoms. The lowest BCUT2D eigenvalue weighted by molar-refractivity contribution is -0.138. The summed E-state index contributed by atoms with van der Waals surface area (Å²) < 4.78 is 0. The number of hydrogen-bond donors (Lipinski definition) is 3. The van der Waals surface area contributed by atoms with Gasteiger partial charge in [-0.05, 0) is 56.0 Å². The molecule has 3 heterocycles. The van der Waals surface area contributed by atoms with E-state index in [1.807, 2.05) is 6.08 Å². The van der Waals surface area contributed by atoms with Gasteiger partial charge in [0.25, 0.3) is 0 Å². The van der Waals surface area contributed by atoms with Crippen molar-refractivity contribution in [3.05, 3.63) is 42.2 Å². The molecule has 156 valence electrons. The fourth-order valence-electron chi connectivity index (χ4n) is 3.83. The summed E-state index contributed by atoms with van der Waals surface area (Å²) in [4.78, 5) is 42.0. The quantitative estimate of drug-likeness (QED) is 0.592. The molecule has 2 aliphatic rings. The van der Waals surface area contributed by atoms with Crippen molar-refractivity contribution < 1.29 is 19.5 Å². The number of amides is 2. The topological polar surface area (TPSA) is 112 Å². The van der Waals surface area contributed by atoms with Crippen molar-refractivity contribution in [2.45, 2.75) is 31.7 Å². The second kappa shape index (κ2) is 10.2. The van der Waals surface area contributed by atoms with Gasteiger partial charge in [-0.3, -0.25) is 19.4 Å². The zero-order valence-corrected chi connectivity index (χ0v) is 16.4. The number of hydrogen-bond acceptors (Lipinski definition) is 5. The van der Waals surface area contributed by atoms with Gasteiger partial charge in [0.1, 0.15) is 0 Å². The van der Waals surface area contributed by atoms with E-state index in [-0.39, 0.29) is 24.2 Å². The van der Waals surface area contributed by atoms with Crippen LogP contribution >= 0.6 is 0 Å². The van der Waals surface area contributed by atoms with E-state index in [4.69, 9.17) is 5.11 Å². The molecule has 3 rings (SSSR count). The maximum absolute atomic E-state index is 12.7. The highest BCUT2D eigenvalue weighted by Gasteiger charge is 2.32. The predicted octanol–water partition coefficient (Wildman–Crippen LogP) is 1.12. The number of nitrogens with one attached hydrogen (secondary N) is 2. The summed E-state index contributed by atoms with van der Waals surface area (Å²) in [6, 6.07) is 2.82. The molecule has 0 saturated carbocycles. The number of pyridine rings is 1. The standard InChI is InChI=1S/C21H28N4O4/c26-19(4-3-15-5-9-22-10-6-15)25-11-7-17(14-25)21(29)24-18(12-20(27)28)16-2-1-8-23-13-16/h1-4,8,13,15,17-18,22H,5-7,9-12,14H2,(H,24,29)(H,27,28)/b4-3+/t17-,18+/m1/s1. The Morgan fingerprint density at radius 2 is 2.10 bits per heavy atom. The normalized spacial score (nSPS) is 21.2. The third-order valence-electron chi connectivity index (χ3n) is 5.55. The van der Waals surface area contributed by atoms with Crippen LogP contribution in [0.15, 0.2) is 36.7 Å². The van der Waals surface area contributed by atoms with E-state index >= 15 is 0 Å². The summed E-state index contributed by atoms with van der Waals surface area (Å²) in [6.45, 7) is 2.84. The highest BCUT2D eigenvalue weighted by molar-refractivity contribution is 5.89. The molecule has 8 nitrogen and oxygen atoms in total. The molecule has 3 N–H and O–H groups in total. The van der Waals surface area contributed by atoms with Crippen LogP contribution in [0, 0.1) is 11.8 Å². The van der Waals surface area contributed by atoms with E-state index in [1.54, 1.807) is 35.5 Å². The van der Waals surface area contributed by atoms with E-state index < -0.39 is 12.0 Å². The number of piperidine rings is 1. The first-order chi connectivity index (χ1) is 14.0. The molecule has 0 radical (unpaired) electrons. The van der Waals surface area contributed by atoms with Crippen molar-refractivity contribution in [3.63, 3.8) is 0 Å². The third-order valence-corrected chi connectivity index (χ3v) is 5.55. The van der Waals surface area contributed by atoms with E-state index in [0.717, 1.165) is 25.9 Å². The van der Waals surface area contributed by atoms with Gasteiger partial charge in [-0.25, -0.2) is 0 Å². The Bertz CT molecular complexity index is 746. The maximum atomic E-state index is 12.7. The van der Waals surface area contributed by atoms with Crippen LogP contribution in [-0.2, 0) is 14.4 Å². The van der Waals surface area contributed by atoms with Crippen LogP contribution in [-0.4, -0.2) is 59.0 Å². The van der Waals surface area contributed by atoms with Crippen LogP contribution in [0.5, 0.6) is 0 Å². The number of nitrogens with zero attached hydrogens (tertiary/aromatic N) is 2. The van der Waals surface area contributed by atoms with E-state index in [1.165, 1.54) is 0 Å². The summed E-state index contributed by atoms with van der Waals surface area (Å²) in [5, 5.41) is 15.3. The lowest BCUT2D eigenvalue weighted by Crippen LogP contribution is -2.37. The summed E-state index contributed by atoms with van der Waals surface area (Å²) >= 11 is 0. The van der Waals surface area contributed by atoms with Crippen LogP contribution in [0.1, 0.15) is 37.3 Å². The predicted molar refractivity (Wildman–Crippen MR) is 107 cm³/mol. The summed E-state index contributed by atoms with van der Waals surface area (Å²) in [7, 11) is 0. The number of carbonyl (C=O) groups is 3. The molecule has 2 saturated heterocycles. The Balaban J connectivity index is 1.54. The Labute approximate surface area is 170 Å². The SMILES string of the molecule is O=C(O)C[C@H](NC(=O)[C@@H]1CCN(C(=O)/C=C/C2CCNCC2)C1)c1cccnc1. The highest BCUT2D eigenvalue weighted by atomic mass is 16.4. The molecular weight excluding hydrogens is 372 g/mol. The first-order valence-electron chi connectivity index (χ1n) is 10.1. The Kier molecular flexibility index (Phi) is 7.35. The number of aromatic nitrogens is 1. The number of carboxylic acids is 1. The molecule has 2 aliphatic heterocycles. The molecule has 0 spiro atoms. The molecule has 2 atom stereocenters. The van der Waals surface area contributed by atoms with Crippen LogP contribution in [0.25, 0.3) is 0 Å². The second-order valence-electron chi connectivity index (χ2n) is 7.66. The monoisotopic (exact) mass is 400 g/mol. The lowest BCUT2D eigenvalue weighted by atomic mass is 9.98. The average Bonchev–Trinajstić information content (AvgIpc) is 3.23. The van der Waals surface area contributed by atoms with Crippen LogP contribution in [0.4, 0.5) is 0 Å². The molecule has 0 aliphatic carbocycles. The fourth-order valence-corrected chi connectivity index (χ4v) is 3.83. The molecule has 8 heteroatoms. The third kappa shape index (κ3) is 6.12. The lowest BCUT2D eigenvalue weighted by Gasteiger charge is -2.20. The van der Waals surface area contributed by atoms with Gasteiger partial charge in [-0.1, -0.05) is 12.1 Å². The summed E-state index contributed by atoms with van der Waals surface area (Å²) in [5.74, 6) is -1.19. The molecule has 2 fully saturated rings.